The molecule has 2 heterocycles. The van der Waals surface area contributed by atoms with Gasteiger partial charge in [-0.3, -0.25) is 4.99 Å². The van der Waals surface area contributed by atoms with E-state index in [4.69, 9.17) is 14.2 Å². The summed E-state index contributed by atoms with van der Waals surface area (Å²) in [5.41, 5.74) is 3.73. The Morgan fingerprint density at radius 2 is 1.82 bits per heavy atom. The third-order valence-corrected chi connectivity index (χ3v) is 4.33. The normalized spacial score (nSPS) is 11.4. The van der Waals surface area contributed by atoms with Gasteiger partial charge in [0.1, 0.15) is 5.65 Å². The molecule has 3 aromatic rings. The highest BCUT2D eigenvalue weighted by Gasteiger charge is 2.14. The van der Waals surface area contributed by atoms with E-state index >= 15 is 0 Å². The van der Waals surface area contributed by atoms with Gasteiger partial charge in [0.25, 0.3) is 0 Å². The first-order valence-corrected chi connectivity index (χ1v) is 8.81. The predicted molar refractivity (Wildman–Crippen MR) is 110 cm³/mol. The van der Waals surface area contributed by atoms with Gasteiger partial charge >= 0.3 is 0 Å². The van der Waals surface area contributed by atoms with Crippen LogP contribution in [0.1, 0.15) is 11.4 Å². The fourth-order valence-corrected chi connectivity index (χ4v) is 2.93. The van der Waals surface area contributed by atoms with Crippen molar-refractivity contribution < 1.29 is 14.2 Å². The first-order chi connectivity index (χ1) is 13.6. The van der Waals surface area contributed by atoms with Crippen molar-refractivity contribution in [2.75, 3.05) is 33.7 Å². The van der Waals surface area contributed by atoms with Gasteiger partial charge in [0.2, 0.25) is 5.75 Å². The minimum atomic E-state index is 0.533. The molecule has 0 unspecified atom stereocenters. The fourth-order valence-electron chi connectivity index (χ4n) is 2.93. The van der Waals surface area contributed by atoms with Crippen LogP contribution < -0.4 is 24.8 Å². The lowest BCUT2D eigenvalue weighted by atomic mass is 10.2. The number of nitrogens with zero attached hydrogens (tertiary/aromatic N) is 3. The summed E-state index contributed by atoms with van der Waals surface area (Å²) in [4.78, 5) is 8.90. The van der Waals surface area contributed by atoms with E-state index in [9.17, 15) is 0 Å². The number of ether oxygens (including phenoxy) is 3. The molecule has 3 rings (SSSR count). The topological polar surface area (TPSA) is 81.4 Å². The predicted octanol–water partition coefficient (Wildman–Crippen LogP) is 2.86. The van der Waals surface area contributed by atoms with Crippen LogP contribution in [0.2, 0.25) is 0 Å². The summed E-state index contributed by atoms with van der Waals surface area (Å²) in [6.07, 6.45) is 2.02. The van der Waals surface area contributed by atoms with Gasteiger partial charge in [-0.2, -0.15) is 0 Å². The second-order valence-electron chi connectivity index (χ2n) is 6.09. The number of aromatic nitrogens is 2. The maximum absolute atomic E-state index is 5.39. The van der Waals surface area contributed by atoms with E-state index in [0.717, 1.165) is 22.7 Å². The van der Waals surface area contributed by atoms with Crippen molar-refractivity contribution >= 4 is 17.3 Å². The Bertz CT molecular complexity index is 972. The smallest absolute Gasteiger partial charge is 0.203 e. The highest BCUT2D eigenvalue weighted by atomic mass is 16.5. The van der Waals surface area contributed by atoms with E-state index in [1.807, 2.05) is 30.5 Å². The maximum Gasteiger partial charge on any atom is 0.203 e. The third kappa shape index (κ3) is 3.95. The molecule has 148 valence electrons. The van der Waals surface area contributed by atoms with Gasteiger partial charge in [-0.05, 0) is 19.1 Å². The minimum Gasteiger partial charge on any atom is -0.493 e. The molecular weight excluding hydrogens is 358 g/mol. The molecule has 8 heteroatoms. The number of hydrogen-bond donors (Lipinski definition) is 2. The van der Waals surface area contributed by atoms with E-state index in [2.05, 4.69) is 38.0 Å². The number of aliphatic imine (C=N–C) groups is 1. The largest absolute Gasteiger partial charge is 0.493 e. The van der Waals surface area contributed by atoms with Crippen molar-refractivity contribution in [1.82, 2.24) is 14.7 Å². The van der Waals surface area contributed by atoms with Gasteiger partial charge in [-0.25, -0.2) is 4.98 Å². The molecule has 1 aromatic carbocycles. The van der Waals surface area contributed by atoms with Crippen molar-refractivity contribution in [2.45, 2.75) is 13.5 Å². The molecule has 0 amide bonds. The molecule has 8 nitrogen and oxygen atoms in total. The summed E-state index contributed by atoms with van der Waals surface area (Å²) in [6.45, 7) is 2.59. The van der Waals surface area contributed by atoms with Gasteiger partial charge in [0.05, 0.1) is 33.6 Å². The molecule has 0 saturated heterocycles. The van der Waals surface area contributed by atoms with Gasteiger partial charge in [0.15, 0.2) is 17.5 Å². The molecular formula is C20H25N5O3. The number of aryl methyl sites for hydroxylation is 1. The maximum atomic E-state index is 5.39. The van der Waals surface area contributed by atoms with Crippen LogP contribution in [0.3, 0.4) is 0 Å². The van der Waals surface area contributed by atoms with Crippen LogP contribution in [0.4, 0.5) is 5.69 Å². The number of nitrogens with one attached hydrogen (secondary N) is 2. The van der Waals surface area contributed by atoms with Crippen LogP contribution in [-0.2, 0) is 6.54 Å². The Hall–Kier alpha value is -3.42. The zero-order valence-corrected chi connectivity index (χ0v) is 16.7. The fraction of sp³-hybridized carbons (Fsp3) is 0.300. The minimum absolute atomic E-state index is 0.533. The van der Waals surface area contributed by atoms with Crippen molar-refractivity contribution in [3.63, 3.8) is 0 Å². The highest BCUT2D eigenvalue weighted by molar-refractivity contribution is 5.94. The quantitative estimate of drug-likeness (QED) is 0.503. The standard InChI is InChI=1S/C20H25N5O3/c1-13-7-6-8-18-23-15(12-25(13)18)11-22-20(21-2)24-14-9-16(26-3)19(28-5)17(10-14)27-4/h6-10,12H,11H2,1-5H3,(H2,21,22,24). The summed E-state index contributed by atoms with van der Waals surface area (Å²) in [6, 6.07) is 9.68. The second kappa shape index (κ2) is 8.51. The Kier molecular flexibility index (Phi) is 5.88. The van der Waals surface area contributed by atoms with E-state index in [0.29, 0.717) is 29.8 Å². The number of rotatable bonds is 6. The van der Waals surface area contributed by atoms with E-state index < -0.39 is 0 Å². The summed E-state index contributed by atoms with van der Waals surface area (Å²) in [5.74, 6) is 2.27. The van der Waals surface area contributed by atoms with Crippen molar-refractivity contribution in [3.8, 4) is 17.2 Å². The summed E-state index contributed by atoms with van der Waals surface area (Å²) < 4.78 is 18.2. The zero-order chi connectivity index (χ0) is 20.1. The summed E-state index contributed by atoms with van der Waals surface area (Å²) in [5, 5.41) is 6.50. The number of methoxy groups -OCH3 is 3. The number of imidazole rings is 1. The van der Waals surface area contributed by atoms with Gasteiger partial charge in [-0.1, -0.05) is 6.07 Å². The second-order valence-corrected chi connectivity index (χ2v) is 6.09. The van der Waals surface area contributed by atoms with Crippen LogP contribution in [-0.4, -0.2) is 43.7 Å². The number of guanidine groups is 1. The van der Waals surface area contributed by atoms with Crippen LogP contribution in [0, 0.1) is 6.92 Å². The van der Waals surface area contributed by atoms with Gasteiger partial charge < -0.3 is 29.2 Å². The van der Waals surface area contributed by atoms with Crippen molar-refractivity contribution in [2.24, 2.45) is 4.99 Å². The highest BCUT2D eigenvalue weighted by Crippen LogP contribution is 2.39. The monoisotopic (exact) mass is 383 g/mol. The summed E-state index contributed by atoms with van der Waals surface area (Å²) in [7, 11) is 6.45. The molecule has 0 fully saturated rings. The molecule has 0 atom stereocenters. The van der Waals surface area contributed by atoms with Crippen molar-refractivity contribution in [3.05, 3.63) is 47.9 Å². The molecule has 28 heavy (non-hydrogen) atoms. The number of anilines is 1. The van der Waals surface area contributed by atoms with Gasteiger partial charge in [-0.15, -0.1) is 0 Å². The molecule has 2 aromatic heterocycles. The van der Waals surface area contributed by atoms with E-state index in [-0.39, 0.29) is 0 Å². The molecule has 0 aliphatic carbocycles. The average molecular weight is 383 g/mol. The first-order valence-electron chi connectivity index (χ1n) is 8.81. The molecule has 0 bridgehead atoms. The Balaban J connectivity index is 1.74. The lowest BCUT2D eigenvalue weighted by Crippen LogP contribution is -2.30. The molecule has 0 aliphatic heterocycles. The number of pyridine rings is 1. The van der Waals surface area contributed by atoms with Gasteiger partial charge in [0, 0.05) is 36.8 Å². The first kappa shape index (κ1) is 19.3. The molecule has 0 spiro atoms. The molecule has 0 saturated carbocycles. The lowest BCUT2D eigenvalue weighted by Gasteiger charge is -2.16. The van der Waals surface area contributed by atoms with Crippen molar-refractivity contribution in [1.29, 1.82) is 0 Å². The summed E-state index contributed by atoms with van der Waals surface area (Å²) >= 11 is 0. The average Bonchev–Trinajstić information content (AvgIpc) is 3.14. The third-order valence-electron chi connectivity index (χ3n) is 4.33. The van der Waals surface area contributed by atoms with Crippen LogP contribution in [0.25, 0.3) is 5.65 Å². The number of fused-ring (bicyclic) bond motifs is 1. The number of hydrogen-bond acceptors (Lipinski definition) is 5. The van der Waals surface area contributed by atoms with E-state index in [1.165, 1.54) is 0 Å². The Labute approximate surface area is 164 Å². The Morgan fingerprint density at radius 3 is 2.39 bits per heavy atom. The van der Waals surface area contributed by atoms with Crippen LogP contribution >= 0.6 is 0 Å². The van der Waals surface area contributed by atoms with E-state index in [1.54, 1.807) is 28.4 Å². The Morgan fingerprint density at radius 1 is 1.11 bits per heavy atom. The zero-order valence-electron chi connectivity index (χ0n) is 16.7. The SMILES string of the molecule is CN=C(NCc1cn2c(C)cccc2n1)Nc1cc(OC)c(OC)c(OC)c1. The van der Waals surface area contributed by atoms with Crippen LogP contribution in [0.15, 0.2) is 41.5 Å². The lowest BCUT2D eigenvalue weighted by molar-refractivity contribution is 0.324. The number of benzene rings is 1. The molecule has 0 radical (unpaired) electrons. The molecule has 2 N–H and O–H groups in total. The molecule has 0 aliphatic rings. The van der Waals surface area contributed by atoms with Crippen LogP contribution in [0.5, 0.6) is 17.2 Å².